The Labute approximate surface area is 113 Å². The normalized spacial score (nSPS) is 19.2. The number of hydrogen-bond donors (Lipinski definition) is 1. The lowest BCUT2D eigenvalue weighted by Crippen LogP contribution is -2.22. The largest absolute Gasteiger partial charge is 0.489 e. The third-order valence-corrected chi connectivity index (χ3v) is 3.79. The molecule has 0 aromatic heterocycles. The first-order valence-electron chi connectivity index (χ1n) is 6.95. The molecule has 0 amide bonds. The lowest BCUT2D eigenvalue weighted by molar-refractivity contribution is 0.0600. The van der Waals surface area contributed by atoms with Gasteiger partial charge in [-0.3, -0.25) is 4.79 Å². The SMILES string of the molecule is O=C(CC1CCOCC1)c1cccc2c1OCCN2. The lowest BCUT2D eigenvalue weighted by Gasteiger charge is -2.24. The van der Waals surface area contributed by atoms with Gasteiger partial charge in [-0.2, -0.15) is 0 Å². The summed E-state index contributed by atoms with van der Waals surface area (Å²) in [6, 6.07) is 5.74. The summed E-state index contributed by atoms with van der Waals surface area (Å²) < 4.78 is 11.0. The molecule has 0 radical (unpaired) electrons. The Morgan fingerprint density at radius 2 is 2.11 bits per heavy atom. The summed E-state index contributed by atoms with van der Waals surface area (Å²) >= 11 is 0. The van der Waals surface area contributed by atoms with Crippen molar-refractivity contribution in [2.45, 2.75) is 19.3 Å². The highest BCUT2D eigenvalue weighted by atomic mass is 16.5. The zero-order chi connectivity index (χ0) is 13.1. The van der Waals surface area contributed by atoms with Crippen LogP contribution in [0.3, 0.4) is 0 Å². The highest BCUT2D eigenvalue weighted by Gasteiger charge is 2.23. The minimum absolute atomic E-state index is 0.187. The Morgan fingerprint density at radius 3 is 2.95 bits per heavy atom. The van der Waals surface area contributed by atoms with E-state index in [1.807, 2.05) is 18.2 Å². The van der Waals surface area contributed by atoms with Crippen LogP contribution in [-0.4, -0.2) is 32.1 Å². The molecular formula is C15H19NO3. The van der Waals surface area contributed by atoms with Crippen LogP contribution in [-0.2, 0) is 4.74 Å². The van der Waals surface area contributed by atoms with E-state index in [1.54, 1.807) is 0 Å². The van der Waals surface area contributed by atoms with Crippen LogP contribution in [0, 0.1) is 5.92 Å². The molecule has 19 heavy (non-hydrogen) atoms. The van der Waals surface area contributed by atoms with E-state index in [4.69, 9.17) is 9.47 Å². The van der Waals surface area contributed by atoms with Gasteiger partial charge in [0.15, 0.2) is 11.5 Å². The van der Waals surface area contributed by atoms with E-state index in [-0.39, 0.29) is 5.78 Å². The molecule has 2 aliphatic heterocycles. The number of ketones is 1. The van der Waals surface area contributed by atoms with E-state index in [9.17, 15) is 4.79 Å². The second-order valence-corrected chi connectivity index (χ2v) is 5.14. The molecule has 0 unspecified atom stereocenters. The van der Waals surface area contributed by atoms with Crippen molar-refractivity contribution >= 4 is 11.5 Å². The fourth-order valence-electron chi connectivity index (χ4n) is 2.71. The summed E-state index contributed by atoms with van der Waals surface area (Å²) in [5.41, 5.74) is 1.65. The van der Waals surface area contributed by atoms with Crippen LogP contribution >= 0.6 is 0 Å². The monoisotopic (exact) mass is 261 g/mol. The molecule has 1 fully saturated rings. The van der Waals surface area contributed by atoms with Gasteiger partial charge in [-0.05, 0) is 30.9 Å². The van der Waals surface area contributed by atoms with Gasteiger partial charge in [0.2, 0.25) is 0 Å². The molecule has 0 atom stereocenters. The number of nitrogens with one attached hydrogen (secondary N) is 1. The summed E-state index contributed by atoms with van der Waals surface area (Å²) in [5, 5.41) is 3.26. The highest BCUT2D eigenvalue weighted by Crippen LogP contribution is 2.33. The third kappa shape index (κ3) is 2.73. The van der Waals surface area contributed by atoms with Gasteiger partial charge >= 0.3 is 0 Å². The van der Waals surface area contributed by atoms with Crippen molar-refractivity contribution in [3.8, 4) is 5.75 Å². The standard InChI is InChI=1S/C15H19NO3/c17-14(10-11-4-7-18-8-5-11)12-2-1-3-13-15(12)19-9-6-16-13/h1-3,11,16H,4-10H2. The smallest absolute Gasteiger partial charge is 0.166 e. The molecule has 3 rings (SSSR count). The molecule has 2 heterocycles. The highest BCUT2D eigenvalue weighted by molar-refractivity contribution is 6.00. The maximum absolute atomic E-state index is 12.4. The number of Topliss-reactive ketones (excluding diaryl/α,β-unsaturated/α-hetero) is 1. The van der Waals surface area contributed by atoms with E-state index in [0.29, 0.717) is 18.9 Å². The Balaban J connectivity index is 1.75. The predicted octanol–water partition coefficient (Wildman–Crippen LogP) is 2.49. The second-order valence-electron chi connectivity index (χ2n) is 5.14. The molecule has 0 spiro atoms. The molecule has 1 aromatic rings. The number of benzene rings is 1. The molecular weight excluding hydrogens is 242 g/mol. The Bertz CT molecular complexity index is 466. The van der Waals surface area contributed by atoms with Crippen molar-refractivity contribution in [2.75, 3.05) is 31.7 Å². The average Bonchev–Trinajstić information content (AvgIpc) is 2.47. The molecule has 1 N–H and O–H groups in total. The summed E-state index contributed by atoms with van der Waals surface area (Å²) in [4.78, 5) is 12.4. The van der Waals surface area contributed by atoms with Gasteiger partial charge < -0.3 is 14.8 Å². The van der Waals surface area contributed by atoms with E-state index < -0.39 is 0 Å². The van der Waals surface area contributed by atoms with E-state index in [1.165, 1.54) is 0 Å². The summed E-state index contributed by atoms with van der Waals surface area (Å²) in [6.45, 7) is 2.98. The fourth-order valence-corrected chi connectivity index (χ4v) is 2.71. The molecule has 0 bridgehead atoms. The molecule has 2 aliphatic rings. The van der Waals surface area contributed by atoms with Crippen molar-refractivity contribution in [3.05, 3.63) is 23.8 Å². The summed E-state index contributed by atoms with van der Waals surface area (Å²) in [5.74, 6) is 1.37. The van der Waals surface area contributed by atoms with E-state index in [0.717, 1.165) is 49.6 Å². The van der Waals surface area contributed by atoms with Crippen LogP contribution in [0.25, 0.3) is 0 Å². The number of hydrogen-bond acceptors (Lipinski definition) is 4. The number of anilines is 1. The quantitative estimate of drug-likeness (QED) is 0.849. The molecule has 4 nitrogen and oxygen atoms in total. The number of para-hydroxylation sites is 1. The number of carbonyl (C=O) groups excluding carboxylic acids is 1. The maximum Gasteiger partial charge on any atom is 0.166 e. The second kappa shape index (κ2) is 5.61. The topological polar surface area (TPSA) is 47.6 Å². The van der Waals surface area contributed by atoms with Crippen molar-refractivity contribution in [1.82, 2.24) is 0 Å². The van der Waals surface area contributed by atoms with Gasteiger partial charge in [0, 0.05) is 26.2 Å². The number of rotatable bonds is 3. The third-order valence-electron chi connectivity index (χ3n) is 3.79. The van der Waals surface area contributed by atoms with Crippen LogP contribution in [0.4, 0.5) is 5.69 Å². The van der Waals surface area contributed by atoms with Gasteiger partial charge in [0.25, 0.3) is 0 Å². The molecule has 0 saturated carbocycles. The first kappa shape index (κ1) is 12.5. The first-order valence-corrected chi connectivity index (χ1v) is 6.95. The van der Waals surface area contributed by atoms with Crippen molar-refractivity contribution in [1.29, 1.82) is 0 Å². The molecule has 4 heteroatoms. The summed E-state index contributed by atoms with van der Waals surface area (Å²) in [7, 11) is 0. The van der Waals surface area contributed by atoms with E-state index in [2.05, 4.69) is 5.32 Å². The minimum atomic E-state index is 0.187. The van der Waals surface area contributed by atoms with Gasteiger partial charge in [-0.25, -0.2) is 0 Å². The van der Waals surface area contributed by atoms with E-state index >= 15 is 0 Å². The summed E-state index contributed by atoms with van der Waals surface area (Å²) in [6.07, 6.45) is 2.57. The molecule has 1 saturated heterocycles. The molecule has 1 aromatic carbocycles. The van der Waals surface area contributed by atoms with Crippen molar-refractivity contribution < 1.29 is 14.3 Å². The van der Waals surface area contributed by atoms with Crippen molar-refractivity contribution in [2.24, 2.45) is 5.92 Å². The lowest BCUT2D eigenvalue weighted by atomic mass is 9.91. The maximum atomic E-state index is 12.4. The Hall–Kier alpha value is -1.55. The van der Waals surface area contributed by atoms with Crippen LogP contribution < -0.4 is 10.1 Å². The van der Waals surface area contributed by atoms with Crippen molar-refractivity contribution in [3.63, 3.8) is 0 Å². The van der Waals surface area contributed by atoms with Gasteiger partial charge in [0.1, 0.15) is 6.61 Å². The number of fused-ring (bicyclic) bond motifs is 1. The predicted molar refractivity (Wildman–Crippen MR) is 72.9 cm³/mol. The number of ether oxygens (including phenoxy) is 2. The minimum Gasteiger partial charge on any atom is -0.489 e. The number of carbonyl (C=O) groups is 1. The first-order chi connectivity index (χ1) is 9.34. The van der Waals surface area contributed by atoms with Gasteiger partial charge in [-0.15, -0.1) is 0 Å². The van der Waals surface area contributed by atoms with Gasteiger partial charge in [0.05, 0.1) is 11.3 Å². The Kier molecular flexibility index (Phi) is 3.69. The van der Waals surface area contributed by atoms with Crippen LogP contribution in [0.1, 0.15) is 29.6 Å². The van der Waals surface area contributed by atoms with Crippen LogP contribution in [0.5, 0.6) is 5.75 Å². The zero-order valence-electron chi connectivity index (χ0n) is 11.0. The van der Waals surface area contributed by atoms with Gasteiger partial charge in [-0.1, -0.05) is 6.07 Å². The molecule has 102 valence electrons. The fraction of sp³-hybridized carbons (Fsp3) is 0.533. The van der Waals surface area contributed by atoms with Crippen LogP contribution in [0.15, 0.2) is 18.2 Å². The molecule has 0 aliphatic carbocycles. The average molecular weight is 261 g/mol. The van der Waals surface area contributed by atoms with Crippen LogP contribution in [0.2, 0.25) is 0 Å². The Morgan fingerprint density at radius 1 is 1.26 bits per heavy atom. The zero-order valence-corrected chi connectivity index (χ0v) is 11.0.